The standard InChI is InChI=1S/C15H12N2O4S/c1-10-2-4-12(5-3-10)22(18,19)17-13-7-15-14(20-9-21-15)6-11(13)8-16-17/h2-8H,9H2,1H3. The van der Waals surface area contributed by atoms with Crippen LogP contribution in [0.15, 0.2) is 47.5 Å². The summed E-state index contributed by atoms with van der Waals surface area (Å²) in [6.45, 7) is 2.04. The minimum Gasteiger partial charge on any atom is -0.454 e. The molecule has 0 radical (unpaired) electrons. The van der Waals surface area contributed by atoms with Crippen LogP contribution in [0.1, 0.15) is 5.56 Å². The smallest absolute Gasteiger partial charge is 0.283 e. The summed E-state index contributed by atoms with van der Waals surface area (Å²) in [6.07, 6.45) is 1.50. The summed E-state index contributed by atoms with van der Waals surface area (Å²) in [5.74, 6) is 1.12. The van der Waals surface area contributed by atoms with E-state index in [1.165, 1.54) is 6.20 Å². The van der Waals surface area contributed by atoms with Crippen molar-refractivity contribution >= 4 is 20.9 Å². The van der Waals surface area contributed by atoms with Gasteiger partial charge in [0.25, 0.3) is 10.0 Å². The maximum atomic E-state index is 12.7. The minimum absolute atomic E-state index is 0.139. The SMILES string of the molecule is Cc1ccc(S(=O)(=O)n2ncc3cc4c(cc32)OCO4)cc1. The minimum atomic E-state index is -3.75. The topological polar surface area (TPSA) is 70.4 Å². The van der Waals surface area contributed by atoms with Gasteiger partial charge in [0.15, 0.2) is 11.5 Å². The fraction of sp³-hybridized carbons (Fsp3) is 0.133. The van der Waals surface area contributed by atoms with E-state index in [0.29, 0.717) is 22.4 Å². The highest BCUT2D eigenvalue weighted by Crippen LogP contribution is 2.36. The first-order valence-corrected chi connectivity index (χ1v) is 8.09. The third kappa shape index (κ3) is 1.86. The number of aromatic nitrogens is 2. The average Bonchev–Trinajstić information content (AvgIpc) is 3.10. The van der Waals surface area contributed by atoms with E-state index in [4.69, 9.17) is 9.47 Å². The van der Waals surface area contributed by atoms with Crippen molar-refractivity contribution in [1.29, 1.82) is 0 Å². The van der Waals surface area contributed by atoms with E-state index in [0.717, 1.165) is 9.65 Å². The largest absolute Gasteiger partial charge is 0.454 e. The predicted octanol–water partition coefficient (Wildman–Crippen LogP) is 2.31. The number of hydrogen-bond donors (Lipinski definition) is 0. The summed E-state index contributed by atoms with van der Waals surface area (Å²) >= 11 is 0. The van der Waals surface area contributed by atoms with Crippen LogP contribution in [0.4, 0.5) is 0 Å². The lowest BCUT2D eigenvalue weighted by molar-refractivity contribution is 0.174. The van der Waals surface area contributed by atoms with Crippen LogP contribution < -0.4 is 9.47 Å². The molecule has 7 heteroatoms. The molecule has 0 aliphatic carbocycles. The molecule has 0 atom stereocenters. The van der Waals surface area contributed by atoms with Crippen LogP contribution in [0.3, 0.4) is 0 Å². The van der Waals surface area contributed by atoms with Crippen LogP contribution in [0.2, 0.25) is 0 Å². The van der Waals surface area contributed by atoms with Gasteiger partial charge in [-0.05, 0) is 25.1 Å². The van der Waals surface area contributed by atoms with Crippen LogP contribution >= 0.6 is 0 Å². The zero-order valence-corrected chi connectivity index (χ0v) is 12.5. The van der Waals surface area contributed by atoms with Gasteiger partial charge in [-0.1, -0.05) is 17.7 Å². The second-order valence-corrected chi connectivity index (χ2v) is 6.84. The number of ether oxygens (including phenoxy) is 2. The Morgan fingerprint density at radius 2 is 1.77 bits per heavy atom. The highest BCUT2D eigenvalue weighted by molar-refractivity contribution is 7.90. The quantitative estimate of drug-likeness (QED) is 0.725. The molecule has 0 amide bonds. The molecule has 1 aromatic heterocycles. The third-order valence-electron chi connectivity index (χ3n) is 3.58. The number of benzene rings is 2. The van der Waals surface area contributed by atoms with Crippen molar-refractivity contribution < 1.29 is 17.9 Å². The van der Waals surface area contributed by atoms with Crippen molar-refractivity contribution in [2.45, 2.75) is 11.8 Å². The third-order valence-corrected chi connectivity index (χ3v) is 5.19. The van der Waals surface area contributed by atoms with Crippen molar-refractivity contribution in [3.05, 3.63) is 48.2 Å². The summed E-state index contributed by atoms with van der Waals surface area (Å²) in [4.78, 5) is 0.195. The molecule has 3 aromatic rings. The molecule has 0 unspecified atom stereocenters. The number of aryl methyl sites for hydroxylation is 1. The van der Waals surface area contributed by atoms with Gasteiger partial charge in [-0.25, -0.2) is 0 Å². The second-order valence-electron chi connectivity index (χ2n) is 5.07. The fourth-order valence-corrected chi connectivity index (χ4v) is 3.66. The van der Waals surface area contributed by atoms with E-state index < -0.39 is 10.0 Å². The second kappa shape index (κ2) is 4.48. The highest BCUT2D eigenvalue weighted by atomic mass is 32.2. The molecule has 112 valence electrons. The molecule has 0 fully saturated rings. The molecule has 0 bridgehead atoms. The van der Waals surface area contributed by atoms with Crippen molar-refractivity contribution in [2.75, 3.05) is 6.79 Å². The first kappa shape index (κ1) is 13.1. The molecule has 6 nitrogen and oxygen atoms in total. The van der Waals surface area contributed by atoms with Crippen LogP contribution in [0.25, 0.3) is 10.9 Å². The van der Waals surface area contributed by atoms with Gasteiger partial charge in [-0.3, -0.25) is 0 Å². The average molecular weight is 316 g/mol. The summed E-state index contributed by atoms with van der Waals surface area (Å²) in [5.41, 5.74) is 1.46. The molecule has 1 aliphatic heterocycles. The molecule has 0 saturated carbocycles. The van der Waals surface area contributed by atoms with Crippen LogP contribution in [0.5, 0.6) is 11.5 Å². The Balaban J connectivity index is 1.92. The lowest BCUT2D eigenvalue weighted by atomic mass is 10.2. The molecular formula is C15H12N2O4S. The van der Waals surface area contributed by atoms with Gasteiger partial charge in [0.2, 0.25) is 6.79 Å². The summed E-state index contributed by atoms with van der Waals surface area (Å²) in [6, 6.07) is 10.0. The Kier molecular flexibility index (Phi) is 2.67. The molecule has 0 N–H and O–H groups in total. The van der Waals surface area contributed by atoms with E-state index in [1.54, 1.807) is 36.4 Å². The normalized spacial score (nSPS) is 13.7. The first-order valence-electron chi connectivity index (χ1n) is 6.65. The Labute approximate surface area is 126 Å². The van der Waals surface area contributed by atoms with Crippen molar-refractivity contribution in [3.63, 3.8) is 0 Å². The first-order chi connectivity index (χ1) is 10.6. The molecule has 0 saturated heterocycles. The summed E-state index contributed by atoms with van der Waals surface area (Å²) in [7, 11) is -3.75. The van der Waals surface area contributed by atoms with Crippen molar-refractivity contribution in [3.8, 4) is 11.5 Å². The monoisotopic (exact) mass is 316 g/mol. The summed E-state index contributed by atoms with van der Waals surface area (Å²) < 4.78 is 37.1. The zero-order chi connectivity index (χ0) is 15.3. The van der Waals surface area contributed by atoms with E-state index >= 15 is 0 Å². The maximum Gasteiger partial charge on any atom is 0.283 e. The molecule has 2 aromatic carbocycles. The van der Waals surface area contributed by atoms with Crippen molar-refractivity contribution in [1.82, 2.24) is 9.19 Å². The zero-order valence-electron chi connectivity index (χ0n) is 11.7. The number of nitrogens with zero attached hydrogens (tertiary/aromatic N) is 2. The lowest BCUT2D eigenvalue weighted by Gasteiger charge is -2.06. The van der Waals surface area contributed by atoms with Gasteiger partial charge in [0, 0.05) is 11.5 Å². The Hall–Kier alpha value is -2.54. The van der Waals surface area contributed by atoms with Crippen LogP contribution in [-0.4, -0.2) is 24.4 Å². The van der Waals surface area contributed by atoms with Gasteiger partial charge >= 0.3 is 0 Å². The Morgan fingerprint density at radius 3 is 2.50 bits per heavy atom. The van der Waals surface area contributed by atoms with Gasteiger partial charge in [-0.2, -0.15) is 17.6 Å². The summed E-state index contributed by atoms with van der Waals surface area (Å²) in [5, 5.41) is 4.70. The molecular weight excluding hydrogens is 304 g/mol. The maximum absolute atomic E-state index is 12.7. The van der Waals surface area contributed by atoms with Gasteiger partial charge in [-0.15, -0.1) is 0 Å². The molecule has 22 heavy (non-hydrogen) atoms. The molecule has 4 rings (SSSR count). The molecule has 1 aliphatic rings. The van der Waals surface area contributed by atoms with E-state index in [9.17, 15) is 8.42 Å². The number of hydrogen-bond acceptors (Lipinski definition) is 5. The predicted molar refractivity (Wildman–Crippen MR) is 79.6 cm³/mol. The molecule has 2 heterocycles. The Bertz CT molecular complexity index is 975. The molecule has 0 spiro atoms. The number of rotatable bonds is 2. The van der Waals surface area contributed by atoms with E-state index in [-0.39, 0.29) is 11.7 Å². The lowest BCUT2D eigenvalue weighted by Crippen LogP contribution is -2.14. The van der Waals surface area contributed by atoms with Crippen LogP contribution in [-0.2, 0) is 10.0 Å². The van der Waals surface area contributed by atoms with Gasteiger partial charge in [0.1, 0.15) is 0 Å². The van der Waals surface area contributed by atoms with Crippen LogP contribution in [0, 0.1) is 6.92 Å². The van der Waals surface area contributed by atoms with E-state index in [1.807, 2.05) is 6.92 Å². The fourth-order valence-electron chi connectivity index (χ4n) is 2.39. The highest BCUT2D eigenvalue weighted by Gasteiger charge is 2.23. The Morgan fingerprint density at radius 1 is 1.09 bits per heavy atom. The van der Waals surface area contributed by atoms with E-state index in [2.05, 4.69) is 5.10 Å². The van der Waals surface area contributed by atoms with Gasteiger partial charge < -0.3 is 9.47 Å². The van der Waals surface area contributed by atoms with Gasteiger partial charge in [0.05, 0.1) is 16.6 Å². The van der Waals surface area contributed by atoms with Crippen molar-refractivity contribution in [2.24, 2.45) is 0 Å². The number of fused-ring (bicyclic) bond motifs is 2.